The molecule has 0 saturated carbocycles. The molecule has 0 aliphatic carbocycles. The number of nitrogens with one attached hydrogen (secondary N) is 1. The first-order valence-electron chi connectivity index (χ1n) is 11.2. The third-order valence-corrected chi connectivity index (χ3v) is 5.87. The Kier molecular flexibility index (Phi) is 7.31. The fraction of sp³-hybridized carbons (Fsp3) is 0. The van der Waals surface area contributed by atoms with E-state index in [0.29, 0.717) is 26.9 Å². The van der Waals surface area contributed by atoms with Crippen LogP contribution in [0.25, 0.3) is 17.0 Å². The van der Waals surface area contributed by atoms with Gasteiger partial charge in [-0.05, 0) is 90.5 Å². The number of carbonyl (C=O) groups is 1. The van der Waals surface area contributed by atoms with Gasteiger partial charge in [-0.1, -0.05) is 23.2 Å². The van der Waals surface area contributed by atoms with E-state index in [1.54, 1.807) is 67.0 Å². The number of ketones is 1. The first-order chi connectivity index (χ1) is 18.0. The van der Waals surface area contributed by atoms with Crippen molar-refractivity contribution in [2.24, 2.45) is 5.10 Å². The summed E-state index contributed by atoms with van der Waals surface area (Å²) < 4.78 is 11.1. The Morgan fingerprint density at radius 1 is 0.919 bits per heavy atom. The van der Waals surface area contributed by atoms with Gasteiger partial charge in [0.2, 0.25) is 5.78 Å². The molecule has 0 atom stereocenters. The van der Waals surface area contributed by atoms with Crippen LogP contribution in [0.5, 0.6) is 5.75 Å². The number of aromatic nitrogens is 1. The van der Waals surface area contributed by atoms with Crippen molar-refractivity contribution in [3.05, 3.63) is 130 Å². The van der Waals surface area contributed by atoms with Gasteiger partial charge in [0.25, 0.3) is 0 Å². The highest BCUT2D eigenvalue weighted by atomic mass is 35.5. The van der Waals surface area contributed by atoms with Crippen LogP contribution in [0.4, 0.5) is 5.69 Å². The van der Waals surface area contributed by atoms with Crippen LogP contribution >= 0.6 is 23.2 Å². The largest absolute Gasteiger partial charge is 0.472 e. The molecular formula is C29H19Cl2N3O3. The number of nitrogens with zero attached hydrogens (tertiary/aromatic N) is 2. The molecule has 5 rings (SSSR count). The summed E-state index contributed by atoms with van der Waals surface area (Å²) in [5.41, 5.74) is 6.64. The monoisotopic (exact) mass is 527 g/mol. The number of pyridine rings is 1. The molecule has 0 unspecified atom stereocenters. The fourth-order valence-electron chi connectivity index (χ4n) is 3.54. The lowest BCUT2D eigenvalue weighted by Gasteiger charge is -2.10. The first-order valence-corrected chi connectivity index (χ1v) is 12.0. The predicted molar refractivity (Wildman–Crippen MR) is 148 cm³/mol. The first kappa shape index (κ1) is 24.3. The molecule has 0 bridgehead atoms. The number of anilines is 1. The second-order valence-electron chi connectivity index (χ2n) is 7.96. The molecule has 2 aromatic heterocycles. The number of rotatable bonds is 8. The maximum absolute atomic E-state index is 13.1. The predicted octanol–water partition coefficient (Wildman–Crippen LogP) is 7.88. The van der Waals surface area contributed by atoms with Gasteiger partial charge < -0.3 is 9.15 Å². The van der Waals surface area contributed by atoms with Gasteiger partial charge in [0, 0.05) is 32.8 Å². The van der Waals surface area contributed by atoms with Crippen LogP contribution in [0.2, 0.25) is 10.0 Å². The molecule has 0 radical (unpaired) electrons. The molecule has 5 aromatic rings. The summed E-state index contributed by atoms with van der Waals surface area (Å²) in [4.78, 5) is 17.5. The SMILES string of the molecule is O=C(/C(=C/c1ccoc1)Oc1ccc(/C=N/Nc2ccnc3cc(Cl)ccc23)cc1)c1ccc(Cl)cc1. The highest BCUT2D eigenvalue weighted by Crippen LogP contribution is 2.25. The fourth-order valence-corrected chi connectivity index (χ4v) is 3.83. The second kappa shape index (κ2) is 11.1. The number of Topliss-reactive ketones (excluding diaryl/α,β-unsaturated/α-hetero) is 1. The summed E-state index contributed by atoms with van der Waals surface area (Å²) in [7, 11) is 0. The normalized spacial score (nSPS) is 11.7. The van der Waals surface area contributed by atoms with E-state index in [2.05, 4.69) is 15.5 Å². The standard InChI is InChI=1S/C29H19Cl2N3O3/c30-22-5-3-21(4-6-22)29(35)28(15-20-12-14-36-18-20)37-24-8-1-19(2-9-24)17-33-34-26-11-13-32-27-16-23(31)7-10-25(26)27/h1-18H,(H,32,34)/b28-15-,33-17+. The Balaban J connectivity index is 1.31. The molecule has 37 heavy (non-hydrogen) atoms. The van der Waals surface area contributed by atoms with E-state index in [9.17, 15) is 4.79 Å². The highest BCUT2D eigenvalue weighted by molar-refractivity contribution is 6.31. The van der Waals surface area contributed by atoms with Crippen molar-refractivity contribution in [1.82, 2.24) is 4.98 Å². The zero-order chi connectivity index (χ0) is 25.6. The molecule has 3 aromatic carbocycles. The van der Waals surface area contributed by atoms with E-state index >= 15 is 0 Å². The number of halogens is 2. The summed E-state index contributed by atoms with van der Waals surface area (Å²) in [6.07, 6.45) is 8.08. The van der Waals surface area contributed by atoms with Gasteiger partial charge in [-0.15, -0.1) is 0 Å². The summed E-state index contributed by atoms with van der Waals surface area (Å²) >= 11 is 12.0. The van der Waals surface area contributed by atoms with Crippen molar-refractivity contribution in [3.8, 4) is 5.75 Å². The van der Waals surface area contributed by atoms with Gasteiger partial charge in [0.1, 0.15) is 5.75 Å². The number of hydrogen-bond acceptors (Lipinski definition) is 6. The van der Waals surface area contributed by atoms with Crippen molar-refractivity contribution < 1.29 is 13.9 Å². The third-order valence-electron chi connectivity index (χ3n) is 5.38. The Morgan fingerprint density at radius 3 is 2.46 bits per heavy atom. The van der Waals surface area contributed by atoms with Gasteiger partial charge in [-0.25, -0.2) is 0 Å². The Morgan fingerprint density at radius 2 is 1.70 bits per heavy atom. The van der Waals surface area contributed by atoms with Gasteiger partial charge in [0.05, 0.1) is 29.9 Å². The highest BCUT2D eigenvalue weighted by Gasteiger charge is 2.16. The lowest BCUT2D eigenvalue weighted by molar-refractivity contribution is 0.0988. The summed E-state index contributed by atoms with van der Waals surface area (Å²) in [6, 6.07) is 23.0. The molecule has 0 aliphatic rings. The van der Waals surface area contributed by atoms with Crippen LogP contribution in [0.3, 0.4) is 0 Å². The molecule has 0 aliphatic heterocycles. The van der Waals surface area contributed by atoms with Gasteiger partial charge in [-0.3, -0.25) is 15.2 Å². The van der Waals surface area contributed by atoms with Gasteiger partial charge in [0.15, 0.2) is 5.76 Å². The lowest BCUT2D eigenvalue weighted by atomic mass is 10.1. The van der Waals surface area contributed by atoms with E-state index in [0.717, 1.165) is 22.2 Å². The number of fused-ring (bicyclic) bond motifs is 1. The van der Waals surface area contributed by atoms with Crippen LogP contribution in [-0.2, 0) is 0 Å². The van der Waals surface area contributed by atoms with Crippen LogP contribution in [0.1, 0.15) is 21.5 Å². The molecule has 0 amide bonds. The topological polar surface area (TPSA) is 76.7 Å². The van der Waals surface area contributed by atoms with Crippen molar-refractivity contribution in [3.63, 3.8) is 0 Å². The van der Waals surface area contributed by atoms with Crippen LogP contribution < -0.4 is 10.2 Å². The lowest BCUT2D eigenvalue weighted by Crippen LogP contribution is -2.09. The molecule has 6 nitrogen and oxygen atoms in total. The van der Waals surface area contributed by atoms with E-state index in [4.69, 9.17) is 32.4 Å². The number of hydrazone groups is 1. The molecule has 8 heteroatoms. The molecule has 182 valence electrons. The number of allylic oxidation sites excluding steroid dienone is 1. The number of furan rings is 1. The molecule has 1 N–H and O–H groups in total. The summed E-state index contributed by atoms with van der Waals surface area (Å²) in [5, 5.41) is 6.42. The van der Waals surface area contributed by atoms with Crippen molar-refractivity contribution in [2.45, 2.75) is 0 Å². The minimum absolute atomic E-state index is 0.150. The molecule has 0 fully saturated rings. The van der Waals surface area contributed by atoms with E-state index < -0.39 is 0 Å². The molecule has 2 heterocycles. The average molecular weight is 528 g/mol. The minimum atomic E-state index is -0.279. The summed E-state index contributed by atoms with van der Waals surface area (Å²) in [5.74, 6) is 0.370. The Bertz CT molecular complexity index is 1590. The number of ether oxygens (including phenoxy) is 1. The maximum atomic E-state index is 13.1. The van der Waals surface area contributed by atoms with Crippen molar-refractivity contribution in [1.29, 1.82) is 0 Å². The average Bonchev–Trinajstić information content (AvgIpc) is 3.42. The van der Waals surface area contributed by atoms with Crippen LogP contribution in [-0.4, -0.2) is 17.0 Å². The van der Waals surface area contributed by atoms with Gasteiger partial charge >= 0.3 is 0 Å². The molecule has 0 spiro atoms. The van der Waals surface area contributed by atoms with E-state index in [1.165, 1.54) is 12.5 Å². The molecule has 0 saturated heterocycles. The van der Waals surface area contributed by atoms with E-state index in [1.807, 2.05) is 30.3 Å². The number of benzene rings is 3. The smallest absolute Gasteiger partial charge is 0.228 e. The maximum Gasteiger partial charge on any atom is 0.228 e. The van der Waals surface area contributed by atoms with Gasteiger partial charge in [-0.2, -0.15) is 5.10 Å². The quantitative estimate of drug-likeness (QED) is 0.0729. The zero-order valence-electron chi connectivity index (χ0n) is 19.3. The zero-order valence-corrected chi connectivity index (χ0v) is 20.8. The Labute approximate surface area is 222 Å². The minimum Gasteiger partial charge on any atom is -0.472 e. The van der Waals surface area contributed by atoms with E-state index in [-0.39, 0.29) is 11.5 Å². The number of carbonyl (C=O) groups excluding carboxylic acids is 1. The van der Waals surface area contributed by atoms with Crippen LogP contribution in [0.15, 0.2) is 113 Å². The van der Waals surface area contributed by atoms with Crippen molar-refractivity contribution >= 4 is 57.9 Å². The number of hydrogen-bond donors (Lipinski definition) is 1. The second-order valence-corrected chi connectivity index (χ2v) is 8.84. The van der Waals surface area contributed by atoms with Crippen molar-refractivity contribution in [2.75, 3.05) is 5.43 Å². The van der Waals surface area contributed by atoms with Crippen LogP contribution in [0, 0.1) is 0 Å². The Hall–Kier alpha value is -4.39. The molecular weight excluding hydrogens is 509 g/mol. The summed E-state index contributed by atoms with van der Waals surface area (Å²) in [6.45, 7) is 0. The third kappa shape index (κ3) is 6.06.